The molecule has 3 heteroatoms. The Labute approximate surface area is 97.3 Å². The zero-order valence-electron chi connectivity index (χ0n) is 8.29. The highest BCUT2D eigenvalue weighted by atomic mass is 79.9. The van der Waals surface area contributed by atoms with Gasteiger partial charge < -0.3 is 5.73 Å². The zero-order chi connectivity index (χ0) is 11.1. The number of amides is 1. The summed E-state index contributed by atoms with van der Waals surface area (Å²) in [6.07, 6.45) is 1.36. The first kappa shape index (κ1) is 10.4. The number of primary amides is 1. The van der Waals surface area contributed by atoms with Crippen LogP contribution in [0.15, 0.2) is 40.9 Å². The summed E-state index contributed by atoms with van der Waals surface area (Å²) in [5.41, 5.74) is 7.04. The number of rotatable bonds is 2. The molecule has 0 radical (unpaired) electrons. The molecule has 0 heterocycles. The number of hydrogen-bond acceptors (Lipinski definition) is 1. The van der Waals surface area contributed by atoms with Crippen LogP contribution in [0, 0.1) is 0 Å². The molecular weight excluding hydrogens is 254 g/mol. The van der Waals surface area contributed by atoms with Crippen LogP contribution in [0.3, 0.4) is 0 Å². The normalized spacial score (nSPS) is 18.3. The second-order valence-corrected chi connectivity index (χ2v) is 4.98. The van der Waals surface area contributed by atoms with Crippen LogP contribution in [0.25, 0.3) is 0 Å². The highest BCUT2D eigenvalue weighted by Gasteiger charge is 2.46. The number of benzene rings is 1. The van der Waals surface area contributed by atoms with Crippen LogP contribution in [0.2, 0.25) is 0 Å². The van der Waals surface area contributed by atoms with Crippen molar-refractivity contribution in [3.8, 4) is 0 Å². The second kappa shape index (κ2) is 3.49. The van der Waals surface area contributed by atoms with Crippen LogP contribution in [0.4, 0.5) is 0 Å². The van der Waals surface area contributed by atoms with Gasteiger partial charge >= 0.3 is 0 Å². The first-order valence-electron chi connectivity index (χ1n) is 4.77. The van der Waals surface area contributed by atoms with Gasteiger partial charge in [0.2, 0.25) is 5.91 Å². The molecule has 0 atom stereocenters. The molecule has 2 nitrogen and oxygen atoms in total. The third-order valence-corrected chi connectivity index (χ3v) is 3.45. The molecule has 1 amide bonds. The Balaban J connectivity index is 2.43. The topological polar surface area (TPSA) is 43.1 Å². The molecule has 78 valence electrons. The SMILES string of the molecule is C=C1CC(C(N)=O)(c2cccc(Br)c2)C1. The van der Waals surface area contributed by atoms with Gasteiger partial charge in [-0.2, -0.15) is 0 Å². The van der Waals surface area contributed by atoms with Crippen LogP contribution < -0.4 is 5.73 Å². The molecule has 1 saturated carbocycles. The lowest BCUT2D eigenvalue weighted by Gasteiger charge is -2.41. The lowest BCUT2D eigenvalue weighted by Crippen LogP contribution is -2.47. The molecule has 0 spiro atoms. The Bertz CT molecular complexity index is 431. The summed E-state index contributed by atoms with van der Waals surface area (Å²) >= 11 is 3.40. The van der Waals surface area contributed by atoms with Gasteiger partial charge in [-0.3, -0.25) is 4.79 Å². The largest absolute Gasteiger partial charge is 0.369 e. The van der Waals surface area contributed by atoms with Crippen molar-refractivity contribution in [3.05, 3.63) is 46.5 Å². The number of hydrogen-bond donors (Lipinski definition) is 1. The van der Waals surface area contributed by atoms with Gasteiger partial charge in [0.1, 0.15) is 0 Å². The third-order valence-electron chi connectivity index (χ3n) is 2.95. The second-order valence-electron chi connectivity index (χ2n) is 4.06. The maximum Gasteiger partial charge on any atom is 0.228 e. The van der Waals surface area contributed by atoms with Gasteiger partial charge in [-0.05, 0) is 30.5 Å². The molecule has 0 unspecified atom stereocenters. The van der Waals surface area contributed by atoms with Crippen molar-refractivity contribution in [2.24, 2.45) is 5.73 Å². The predicted molar refractivity (Wildman–Crippen MR) is 63.4 cm³/mol. The van der Waals surface area contributed by atoms with Crippen LogP contribution >= 0.6 is 15.9 Å². The lowest BCUT2D eigenvalue weighted by atomic mass is 9.61. The summed E-state index contributed by atoms with van der Waals surface area (Å²) in [6.45, 7) is 3.87. The molecule has 15 heavy (non-hydrogen) atoms. The molecule has 1 aromatic rings. The maximum absolute atomic E-state index is 11.5. The molecule has 1 aliphatic rings. The van der Waals surface area contributed by atoms with Gasteiger partial charge in [0.15, 0.2) is 0 Å². The molecular formula is C12H12BrNO. The standard InChI is InChI=1S/C12H12BrNO/c1-8-6-12(7-8,11(14)15)9-3-2-4-10(13)5-9/h2-5H,1,6-7H2,(H2,14,15). The summed E-state index contributed by atoms with van der Waals surface area (Å²) in [5, 5.41) is 0. The van der Waals surface area contributed by atoms with Crippen molar-refractivity contribution in [2.75, 3.05) is 0 Å². The number of nitrogens with two attached hydrogens (primary N) is 1. The summed E-state index contributed by atoms with van der Waals surface area (Å²) in [6, 6.07) is 7.76. The molecule has 0 aliphatic heterocycles. The van der Waals surface area contributed by atoms with Crippen LogP contribution in [0.5, 0.6) is 0 Å². The highest BCUT2D eigenvalue weighted by molar-refractivity contribution is 9.10. The van der Waals surface area contributed by atoms with E-state index in [0.29, 0.717) is 12.8 Å². The zero-order valence-corrected chi connectivity index (χ0v) is 9.88. The van der Waals surface area contributed by atoms with E-state index in [1.54, 1.807) is 0 Å². The van der Waals surface area contributed by atoms with E-state index in [4.69, 9.17) is 5.73 Å². The maximum atomic E-state index is 11.5. The van der Waals surface area contributed by atoms with E-state index in [1.165, 1.54) is 0 Å². The van der Waals surface area contributed by atoms with Gasteiger partial charge in [-0.1, -0.05) is 40.2 Å². The highest BCUT2D eigenvalue weighted by Crippen LogP contribution is 2.46. The van der Waals surface area contributed by atoms with Crippen LogP contribution in [-0.2, 0) is 10.2 Å². The van der Waals surface area contributed by atoms with Crippen molar-refractivity contribution < 1.29 is 4.79 Å². The fraction of sp³-hybridized carbons (Fsp3) is 0.250. The fourth-order valence-corrected chi connectivity index (χ4v) is 2.51. The van der Waals surface area contributed by atoms with Gasteiger partial charge in [0, 0.05) is 4.47 Å². The Morgan fingerprint density at radius 3 is 2.60 bits per heavy atom. The van der Waals surface area contributed by atoms with E-state index in [9.17, 15) is 4.79 Å². The summed E-state index contributed by atoms with van der Waals surface area (Å²) in [5.74, 6) is -0.256. The quantitative estimate of drug-likeness (QED) is 0.821. The molecule has 2 rings (SSSR count). The van der Waals surface area contributed by atoms with Crippen LogP contribution in [-0.4, -0.2) is 5.91 Å². The number of halogens is 1. The smallest absolute Gasteiger partial charge is 0.228 e. The van der Waals surface area contributed by atoms with Crippen molar-refractivity contribution in [3.63, 3.8) is 0 Å². The number of carbonyl (C=O) groups excluding carboxylic acids is 1. The molecule has 0 bridgehead atoms. The van der Waals surface area contributed by atoms with Crippen molar-refractivity contribution >= 4 is 21.8 Å². The first-order chi connectivity index (χ1) is 7.04. The molecule has 0 aromatic heterocycles. The Hall–Kier alpha value is -1.09. The van der Waals surface area contributed by atoms with Crippen molar-refractivity contribution in [2.45, 2.75) is 18.3 Å². The van der Waals surface area contributed by atoms with E-state index < -0.39 is 5.41 Å². The van der Waals surface area contributed by atoms with Crippen molar-refractivity contribution in [1.82, 2.24) is 0 Å². The van der Waals surface area contributed by atoms with Crippen LogP contribution in [0.1, 0.15) is 18.4 Å². The molecule has 2 N–H and O–H groups in total. The average molecular weight is 266 g/mol. The monoisotopic (exact) mass is 265 g/mol. The van der Waals surface area contributed by atoms with Gasteiger partial charge in [0.25, 0.3) is 0 Å². The fourth-order valence-electron chi connectivity index (χ4n) is 2.11. The minimum atomic E-state index is -0.513. The Morgan fingerprint density at radius 1 is 1.47 bits per heavy atom. The number of carbonyl (C=O) groups is 1. The minimum absolute atomic E-state index is 0.256. The van der Waals surface area contributed by atoms with Crippen molar-refractivity contribution in [1.29, 1.82) is 0 Å². The average Bonchev–Trinajstić information content (AvgIpc) is 2.12. The summed E-state index contributed by atoms with van der Waals surface area (Å²) in [4.78, 5) is 11.5. The molecule has 1 aliphatic carbocycles. The number of allylic oxidation sites excluding steroid dienone is 1. The van der Waals surface area contributed by atoms with Gasteiger partial charge in [-0.25, -0.2) is 0 Å². The third kappa shape index (κ3) is 1.61. The van der Waals surface area contributed by atoms with E-state index >= 15 is 0 Å². The predicted octanol–water partition coefficient (Wildman–Crippen LogP) is 2.52. The summed E-state index contributed by atoms with van der Waals surface area (Å²) in [7, 11) is 0. The molecule has 0 saturated heterocycles. The van der Waals surface area contributed by atoms with E-state index in [-0.39, 0.29) is 5.91 Å². The molecule has 1 aromatic carbocycles. The first-order valence-corrected chi connectivity index (χ1v) is 5.56. The lowest BCUT2D eigenvalue weighted by molar-refractivity contribution is -0.125. The molecule has 1 fully saturated rings. The van der Waals surface area contributed by atoms with Gasteiger partial charge in [0.05, 0.1) is 5.41 Å². The van der Waals surface area contributed by atoms with Gasteiger partial charge in [-0.15, -0.1) is 0 Å². The van der Waals surface area contributed by atoms with E-state index in [0.717, 1.165) is 15.6 Å². The van der Waals surface area contributed by atoms with E-state index in [2.05, 4.69) is 22.5 Å². The minimum Gasteiger partial charge on any atom is -0.369 e. The Kier molecular flexibility index (Phi) is 2.43. The Morgan fingerprint density at radius 2 is 2.13 bits per heavy atom. The van der Waals surface area contributed by atoms with E-state index in [1.807, 2.05) is 24.3 Å². The summed E-state index contributed by atoms with van der Waals surface area (Å²) < 4.78 is 0.970.